The maximum atomic E-state index is 12.3. The third kappa shape index (κ3) is 7.10. The Morgan fingerprint density at radius 2 is 1.29 bits per heavy atom. The molecule has 4 unspecified atom stereocenters. The summed E-state index contributed by atoms with van der Waals surface area (Å²) >= 11 is 16.1. The summed E-state index contributed by atoms with van der Waals surface area (Å²) in [6.45, 7) is 15.3. The Bertz CT molecular complexity index is 586. The first kappa shape index (κ1) is 28.4. The number of hydrogen-bond acceptors (Lipinski definition) is 3. The minimum absolute atomic E-state index is 0.0995. The molecule has 0 amide bonds. The molecule has 0 radical (unpaired) electrons. The largest absolute Gasteiger partial charge is 0.509 e. The first-order valence-electron chi connectivity index (χ1n) is 11.7. The van der Waals surface area contributed by atoms with Crippen LogP contribution < -0.4 is 0 Å². The highest BCUT2D eigenvalue weighted by molar-refractivity contribution is 9.10. The molecule has 4 atom stereocenters. The maximum Gasteiger partial charge on any atom is 0.509 e. The summed E-state index contributed by atoms with van der Waals surface area (Å²) in [7, 11) is 0. The lowest BCUT2D eigenvalue weighted by Gasteiger charge is -2.53. The van der Waals surface area contributed by atoms with Crippen molar-refractivity contribution in [2.45, 2.75) is 112 Å². The molecule has 3 nitrogen and oxygen atoms in total. The van der Waals surface area contributed by atoms with Gasteiger partial charge in [-0.1, -0.05) is 98.3 Å². The summed E-state index contributed by atoms with van der Waals surface area (Å²) in [4.78, 5) is 13.8. The highest BCUT2D eigenvalue weighted by atomic mass is 79.9. The number of hydrogen-bond donors (Lipinski definition) is 0. The highest BCUT2D eigenvalue weighted by Crippen LogP contribution is 2.56. The van der Waals surface area contributed by atoms with Gasteiger partial charge < -0.3 is 9.47 Å². The quantitative estimate of drug-likeness (QED) is 0.206. The lowest BCUT2D eigenvalue weighted by molar-refractivity contribution is -0.0484. The van der Waals surface area contributed by atoms with Crippen molar-refractivity contribution < 1.29 is 14.3 Å². The van der Waals surface area contributed by atoms with Gasteiger partial charge in [0.2, 0.25) is 0 Å². The fourth-order valence-corrected chi connectivity index (χ4v) is 12.3. The van der Waals surface area contributed by atoms with E-state index in [0.717, 1.165) is 25.2 Å². The van der Waals surface area contributed by atoms with Crippen LogP contribution in [0.5, 0.6) is 0 Å². The Balaban J connectivity index is 2.08. The van der Waals surface area contributed by atoms with Crippen LogP contribution in [0.4, 0.5) is 4.79 Å². The summed E-state index contributed by atoms with van der Waals surface area (Å²) in [6.07, 6.45) is 4.12. The van der Waals surface area contributed by atoms with Crippen LogP contribution in [0.2, 0.25) is 0 Å². The van der Waals surface area contributed by atoms with Gasteiger partial charge in [-0.25, -0.2) is 4.79 Å². The predicted molar refractivity (Wildman–Crippen MR) is 144 cm³/mol. The Labute approximate surface area is 223 Å². The molecule has 2 aliphatic rings. The van der Waals surface area contributed by atoms with E-state index in [1.165, 1.54) is 12.8 Å². The predicted octanol–water partition coefficient (Wildman–Crippen LogP) is 8.87. The Kier molecular flexibility index (Phi) is 10.3. The van der Waals surface area contributed by atoms with Crippen LogP contribution in [-0.2, 0) is 9.47 Å². The monoisotopic (exact) mass is 692 g/mol. The fourth-order valence-electron chi connectivity index (χ4n) is 5.50. The molecule has 0 spiro atoms. The summed E-state index contributed by atoms with van der Waals surface area (Å²) in [5.74, 6) is 2.42. The van der Waals surface area contributed by atoms with Crippen LogP contribution in [0, 0.1) is 29.1 Å². The summed E-state index contributed by atoms with van der Waals surface area (Å²) in [5.41, 5.74) is -0.398. The Hall–Kier alpha value is 1.19. The molecule has 0 aromatic heterocycles. The molecule has 7 heteroatoms. The summed E-state index contributed by atoms with van der Waals surface area (Å²) in [6, 6.07) is 0. The summed E-state index contributed by atoms with van der Waals surface area (Å²) < 4.78 is 11.2. The van der Waals surface area contributed by atoms with Crippen molar-refractivity contribution >= 4 is 69.9 Å². The molecule has 0 bridgehead atoms. The van der Waals surface area contributed by atoms with Gasteiger partial charge in [-0.2, -0.15) is 0 Å². The molecule has 0 aromatic rings. The number of rotatable bonds is 6. The van der Waals surface area contributed by atoms with Crippen molar-refractivity contribution in [3.8, 4) is 0 Å². The number of carbonyl (C=O) groups is 1. The van der Waals surface area contributed by atoms with Gasteiger partial charge >= 0.3 is 6.16 Å². The topological polar surface area (TPSA) is 35.5 Å². The average molecular weight is 696 g/mol. The second-order valence-electron chi connectivity index (χ2n) is 11.1. The van der Waals surface area contributed by atoms with Gasteiger partial charge in [-0.3, -0.25) is 0 Å². The van der Waals surface area contributed by atoms with E-state index in [0.29, 0.717) is 27.4 Å². The molecule has 0 aromatic carbocycles. The van der Waals surface area contributed by atoms with E-state index in [9.17, 15) is 4.79 Å². The van der Waals surface area contributed by atoms with Gasteiger partial charge in [0.05, 0.1) is 0 Å². The molecule has 0 aliphatic heterocycles. The molecule has 182 valence electrons. The van der Waals surface area contributed by atoms with E-state index in [-0.39, 0.29) is 21.2 Å². The van der Waals surface area contributed by atoms with E-state index in [4.69, 9.17) is 9.47 Å². The number of carbonyl (C=O) groups excluding carboxylic acids is 1. The number of halogens is 4. The average Bonchev–Trinajstić information content (AvgIpc) is 2.59. The maximum absolute atomic E-state index is 12.3. The molecule has 2 rings (SSSR count). The van der Waals surface area contributed by atoms with Crippen molar-refractivity contribution in [1.29, 1.82) is 0 Å². The van der Waals surface area contributed by atoms with Crippen molar-refractivity contribution in [3.05, 3.63) is 0 Å². The molecule has 2 fully saturated rings. The van der Waals surface area contributed by atoms with Gasteiger partial charge in [0.15, 0.2) is 0 Å². The zero-order valence-electron chi connectivity index (χ0n) is 20.0. The van der Waals surface area contributed by atoms with Crippen LogP contribution in [-0.4, -0.2) is 37.2 Å². The van der Waals surface area contributed by atoms with E-state index in [1.807, 2.05) is 20.8 Å². The molecule has 0 N–H and O–H groups in total. The zero-order valence-corrected chi connectivity index (χ0v) is 26.3. The fraction of sp³-hybridized carbons (Fsp3) is 0.958. The van der Waals surface area contributed by atoms with E-state index in [2.05, 4.69) is 91.4 Å². The highest BCUT2D eigenvalue weighted by Gasteiger charge is 2.53. The van der Waals surface area contributed by atoms with Gasteiger partial charge in [-0.15, -0.1) is 0 Å². The summed E-state index contributed by atoms with van der Waals surface area (Å²) in [5, 5.41) is 0. The van der Waals surface area contributed by atoms with Gasteiger partial charge in [0.1, 0.15) is 11.7 Å². The van der Waals surface area contributed by atoms with Crippen molar-refractivity contribution in [1.82, 2.24) is 0 Å². The van der Waals surface area contributed by atoms with Gasteiger partial charge in [0, 0.05) is 19.3 Å². The lowest BCUT2D eigenvalue weighted by atomic mass is 9.59. The molecular formula is C24H40Br4O3. The molecule has 0 heterocycles. The van der Waals surface area contributed by atoms with Crippen LogP contribution >= 0.6 is 63.7 Å². The van der Waals surface area contributed by atoms with Crippen molar-refractivity contribution in [3.63, 3.8) is 0 Å². The standard InChI is InChI=1S/C24H40Br4O3/c1-8-23(4,5)31-22(29)30-15-11-18(27)21(19(28)12-15)24(6,7)20-16(25)9-14(13(2)3)10-17(20)26/h13-21H,8-12H2,1-7H3. The first-order chi connectivity index (χ1) is 14.2. The SMILES string of the molecule is CCC(C)(C)OC(=O)OC1CC(Br)C(C(C)(C)C2C(Br)CC(C(C)C)CC2Br)C(Br)C1. The van der Waals surface area contributed by atoms with Gasteiger partial charge in [0.25, 0.3) is 0 Å². The first-order valence-corrected chi connectivity index (χ1v) is 15.3. The second kappa shape index (κ2) is 11.3. The molecule has 2 aliphatic carbocycles. The van der Waals surface area contributed by atoms with Crippen LogP contribution in [0.15, 0.2) is 0 Å². The normalized spacial score (nSPS) is 37.5. The molecular weight excluding hydrogens is 656 g/mol. The van der Waals surface area contributed by atoms with E-state index in [1.54, 1.807) is 0 Å². The zero-order chi connectivity index (χ0) is 23.7. The second-order valence-corrected chi connectivity index (χ2v) is 15.8. The molecule has 2 saturated carbocycles. The van der Waals surface area contributed by atoms with E-state index < -0.39 is 11.8 Å². The van der Waals surface area contributed by atoms with Gasteiger partial charge in [-0.05, 0) is 75.0 Å². The van der Waals surface area contributed by atoms with Crippen molar-refractivity contribution in [2.24, 2.45) is 29.1 Å². The molecule has 0 saturated heterocycles. The Morgan fingerprint density at radius 1 is 0.871 bits per heavy atom. The Morgan fingerprint density at radius 3 is 1.68 bits per heavy atom. The van der Waals surface area contributed by atoms with E-state index >= 15 is 0 Å². The smallest absolute Gasteiger partial charge is 0.431 e. The van der Waals surface area contributed by atoms with Crippen LogP contribution in [0.1, 0.15) is 80.6 Å². The minimum Gasteiger partial charge on any atom is -0.431 e. The van der Waals surface area contributed by atoms with Crippen LogP contribution in [0.3, 0.4) is 0 Å². The third-order valence-electron chi connectivity index (χ3n) is 7.73. The lowest BCUT2D eigenvalue weighted by Crippen LogP contribution is -2.53. The third-order valence-corrected chi connectivity index (χ3v) is 11.5. The molecule has 31 heavy (non-hydrogen) atoms. The van der Waals surface area contributed by atoms with Crippen LogP contribution in [0.25, 0.3) is 0 Å². The minimum atomic E-state index is -0.554. The number of alkyl halides is 4. The van der Waals surface area contributed by atoms with Crippen molar-refractivity contribution in [2.75, 3.05) is 0 Å². The number of ether oxygens (including phenoxy) is 2.